The average molecular weight is 411 g/mol. The van der Waals surface area contributed by atoms with Crippen molar-refractivity contribution in [2.75, 3.05) is 16.4 Å². The topological polar surface area (TPSA) is 80.0 Å². The standard InChI is InChI=1S/C26H26N4O/c1-16(2)18-11-13-19(14-12-18)29-26(31)21-15-28-25-20(8-6-9-22(25)27)24(21)30-23-10-5-4-7-17(23)3/h4-16H,27H2,1-3H3,(H,28,30)(H,29,31). The van der Waals surface area contributed by atoms with E-state index in [4.69, 9.17) is 5.73 Å². The molecule has 4 rings (SSSR count). The smallest absolute Gasteiger partial charge is 0.259 e. The summed E-state index contributed by atoms with van der Waals surface area (Å²) >= 11 is 0. The monoisotopic (exact) mass is 410 g/mol. The second-order valence-corrected chi connectivity index (χ2v) is 7.96. The van der Waals surface area contributed by atoms with Crippen molar-refractivity contribution in [3.8, 4) is 0 Å². The number of pyridine rings is 1. The third kappa shape index (κ3) is 4.21. The fourth-order valence-electron chi connectivity index (χ4n) is 3.55. The number of benzene rings is 3. The van der Waals surface area contributed by atoms with Gasteiger partial charge in [0, 0.05) is 23.0 Å². The van der Waals surface area contributed by atoms with Gasteiger partial charge >= 0.3 is 0 Å². The van der Waals surface area contributed by atoms with Gasteiger partial charge in [-0.15, -0.1) is 0 Å². The van der Waals surface area contributed by atoms with E-state index in [-0.39, 0.29) is 5.91 Å². The quantitative estimate of drug-likeness (QED) is 0.340. The van der Waals surface area contributed by atoms with E-state index < -0.39 is 0 Å². The van der Waals surface area contributed by atoms with Crippen molar-refractivity contribution < 1.29 is 4.79 Å². The van der Waals surface area contributed by atoms with Crippen LogP contribution < -0.4 is 16.4 Å². The van der Waals surface area contributed by atoms with Crippen LogP contribution in [0.3, 0.4) is 0 Å². The maximum atomic E-state index is 13.2. The van der Waals surface area contributed by atoms with Gasteiger partial charge in [-0.1, -0.05) is 56.3 Å². The van der Waals surface area contributed by atoms with Crippen LogP contribution in [0.2, 0.25) is 0 Å². The minimum Gasteiger partial charge on any atom is -0.397 e. The highest BCUT2D eigenvalue weighted by atomic mass is 16.1. The van der Waals surface area contributed by atoms with E-state index >= 15 is 0 Å². The first kappa shape index (κ1) is 20.4. The second-order valence-electron chi connectivity index (χ2n) is 7.96. The molecule has 31 heavy (non-hydrogen) atoms. The molecule has 1 amide bonds. The number of fused-ring (bicyclic) bond motifs is 1. The molecule has 156 valence electrons. The molecule has 0 spiro atoms. The third-order valence-electron chi connectivity index (χ3n) is 5.41. The highest BCUT2D eigenvalue weighted by molar-refractivity contribution is 6.14. The number of amides is 1. The number of aromatic nitrogens is 1. The Balaban J connectivity index is 1.75. The van der Waals surface area contributed by atoms with Gasteiger partial charge in [-0.05, 0) is 48.2 Å². The van der Waals surface area contributed by atoms with Crippen molar-refractivity contribution in [3.63, 3.8) is 0 Å². The SMILES string of the molecule is Cc1ccccc1Nc1c(C(=O)Nc2ccc(C(C)C)cc2)cnc2c(N)cccc12. The molecule has 4 aromatic rings. The molecule has 0 saturated heterocycles. The van der Waals surface area contributed by atoms with Gasteiger partial charge in [0.25, 0.3) is 5.91 Å². The van der Waals surface area contributed by atoms with Crippen molar-refractivity contribution in [2.45, 2.75) is 26.7 Å². The normalized spacial score (nSPS) is 11.0. The Morgan fingerprint density at radius 2 is 1.71 bits per heavy atom. The van der Waals surface area contributed by atoms with Crippen LogP contribution in [-0.4, -0.2) is 10.9 Å². The van der Waals surface area contributed by atoms with E-state index in [0.717, 1.165) is 22.3 Å². The number of nitrogen functional groups attached to an aromatic ring is 1. The van der Waals surface area contributed by atoms with Gasteiger partial charge in [-0.25, -0.2) is 0 Å². The van der Waals surface area contributed by atoms with Crippen LogP contribution in [0, 0.1) is 6.92 Å². The van der Waals surface area contributed by atoms with Crippen LogP contribution in [0.5, 0.6) is 0 Å². The summed E-state index contributed by atoms with van der Waals surface area (Å²) < 4.78 is 0. The van der Waals surface area contributed by atoms with Gasteiger partial charge in [0.1, 0.15) is 0 Å². The number of hydrogen-bond acceptors (Lipinski definition) is 4. The number of aryl methyl sites for hydroxylation is 1. The van der Waals surface area contributed by atoms with Gasteiger partial charge < -0.3 is 16.4 Å². The Hall–Kier alpha value is -3.86. The molecule has 5 nitrogen and oxygen atoms in total. The van der Waals surface area contributed by atoms with Crippen LogP contribution in [0.15, 0.2) is 72.9 Å². The predicted molar refractivity (Wildman–Crippen MR) is 129 cm³/mol. The van der Waals surface area contributed by atoms with Crippen LogP contribution in [0.4, 0.5) is 22.7 Å². The summed E-state index contributed by atoms with van der Waals surface area (Å²) in [5.41, 5.74) is 12.5. The number of nitrogens with one attached hydrogen (secondary N) is 2. The van der Waals surface area contributed by atoms with Crippen LogP contribution >= 0.6 is 0 Å². The largest absolute Gasteiger partial charge is 0.397 e. The average Bonchev–Trinajstić information content (AvgIpc) is 2.76. The first-order chi connectivity index (χ1) is 14.9. The zero-order valence-corrected chi connectivity index (χ0v) is 17.9. The van der Waals surface area contributed by atoms with Gasteiger partial charge in [0.15, 0.2) is 0 Å². The third-order valence-corrected chi connectivity index (χ3v) is 5.41. The van der Waals surface area contributed by atoms with Gasteiger partial charge in [-0.3, -0.25) is 9.78 Å². The highest BCUT2D eigenvalue weighted by Gasteiger charge is 2.18. The Labute approximate surface area is 182 Å². The molecule has 0 aliphatic heterocycles. The summed E-state index contributed by atoms with van der Waals surface area (Å²) in [5.74, 6) is 0.204. The number of anilines is 4. The van der Waals surface area contributed by atoms with E-state index in [1.54, 1.807) is 6.20 Å². The lowest BCUT2D eigenvalue weighted by atomic mass is 10.0. The molecule has 3 aromatic carbocycles. The highest BCUT2D eigenvalue weighted by Crippen LogP contribution is 2.33. The van der Waals surface area contributed by atoms with Crippen molar-refractivity contribution in [1.29, 1.82) is 0 Å². The molecular weight excluding hydrogens is 384 g/mol. The molecule has 0 radical (unpaired) electrons. The molecule has 0 atom stereocenters. The molecule has 0 saturated carbocycles. The maximum Gasteiger partial charge on any atom is 0.259 e. The van der Waals surface area contributed by atoms with E-state index in [2.05, 4.69) is 29.5 Å². The van der Waals surface area contributed by atoms with Gasteiger partial charge in [-0.2, -0.15) is 0 Å². The number of nitrogens with zero attached hydrogens (tertiary/aromatic N) is 1. The number of nitrogens with two attached hydrogens (primary N) is 1. The lowest BCUT2D eigenvalue weighted by Crippen LogP contribution is -2.15. The number of rotatable bonds is 5. The van der Waals surface area contributed by atoms with Crippen molar-refractivity contribution in [1.82, 2.24) is 4.98 Å². The lowest BCUT2D eigenvalue weighted by molar-refractivity contribution is 0.102. The minimum atomic E-state index is -0.231. The first-order valence-electron chi connectivity index (χ1n) is 10.3. The van der Waals surface area contributed by atoms with E-state index in [1.807, 2.05) is 73.7 Å². The molecule has 0 aliphatic carbocycles. The molecule has 0 fully saturated rings. The fourth-order valence-corrected chi connectivity index (χ4v) is 3.55. The van der Waals surface area contributed by atoms with Crippen LogP contribution in [0.1, 0.15) is 41.3 Å². The Bertz CT molecular complexity index is 1250. The summed E-state index contributed by atoms with van der Waals surface area (Å²) in [6, 6.07) is 21.5. The predicted octanol–water partition coefficient (Wildman–Crippen LogP) is 6.24. The van der Waals surface area contributed by atoms with Crippen molar-refractivity contribution in [3.05, 3.63) is 89.6 Å². The molecule has 0 aliphatic rings. The van der Waals surface area contributed by atoms with E-state index in [1.165, 1.54) is 5.56 Å². The summed E-state index contributed by atoms with van der Waals surface area (Å²) in [6.07, 6.45) is 1.58. The Morgan fingerprint density at radius 1 is 0.968 bits per heavy atom. The molecule has 4 N–H and O–H groups in total. The molecule has 1 heterocycles. The zero-order valence-electron chi connectivity index (χ0n) is 17.9. The zero-order chi connectivity index (χ0) is 22.0. The summed E-state index contributed by atoms with van der Waals surface area (Å²) in [6.45, 7) is 6.31. The molecule has 0 bridgehead atoms. The van der Waals surface area contributed by atoms with Crippen molar-refractivity contribution >= 4 is 39.6 Å². The van der Waals surface area contributed by atoms with E-state index in [9.17, 15) is 4.79 Å². The summed E-state index contributed by atoms with van der Waals surface area (Å²) in [7, 11) is 0. The van der Waals surface area contributed by atoms with Gasteiger partial charge in [0.2, 0.25) is 0 Å². The van der Waals surface area contributed by atoms with Crippen molar-refractivity contribution in [2.24, 2.45) is 0 Å². The fraction of sp³-hybridized carbons (Fsp3) is 0.154. The lowest BCUT2D eigenvalue weighted by Gasteiger charge is -2.17. The Morgan fingerprint density at radius 3 is 2.42 bits per heavy atom. The minimum absolute atomic E-state index is 0.231. The molecule has 0 unspecified atom stereocenters. The number of carbonyl (C=O) groups is 1. The number of para-hydroxylation sites is 2. The van der Waals surface area contributed by atoms with E-state index in [0.29, 0.717) is 28.4 Å². The summed E-state index contributed by atoms with van der Waals surface area (Å²) in [4.78, 5) is 17.7. The number of hydrogen-bond donors (Lipinski definition) is 3. The molecule has 5 heteroatoms. The first-order valence-corrected chi connectivity index (χ1v) is 10.3. The Kier molecular flexibility index (Phi) is 5.58. The maximum absolute atomic E-state index is 13.2. The summed E-state index contributed by atoms with van der Waals surface area (Å²) in [5, 5.41) is 7.24. The molecular formula is C26H26N4O. The number of carbonyl (C=O) groups excluding carboxylic acids is 1. The van der Waals surface area contributed by atoms with Crippen LogP contribution in [-0.2, 0) is 0 Å². The second kappa shape index (κ2) is 8.48. The molecule has 1 aromatic heterocycles. The van der Waals surface area contributed by atoms with Crippen LogP contribution in [0.25, 0.3) is 10.9 Å². The van der Waals surface area contributed by atoms with Gasteiger partial charge in [0.05, 0.1) is 22.5 Å².